The van der Waals surface area contributed by atoms with Gasteiger partial charge in [-0.25, -0.2) is 0 Å². The van der Waals surface area contributed by atoms with Gasteiger partial charge in [-0.1, -0.05) is 18.2 Å². The molecule has 1 fully saturated rings. The number of nitrogens with one attached hydrogen (secondary N) is 1. The zero-order valence-electron chi connectivity index (χ0n) is 12.5. The fraction of sp³-hybridized carbons (Fsp3) is 0.562. The van der Waals surface area contributed by atoms with Gasteiger partial charge < -0.3 is 15.0 Å². The van der Waals surface area contributed by atoms with Crippen LogP contribution in [-0.2, 0) is 11.2 Å². The molecule has 5 heteroatoms. The van der Waals surface area contributed by atoms with E-state index in [1.807, 2.05) is 7.05 Å². The summed E-state index contributed by atoms with van der Waals surface area (Å²) in [6, 6.07) is 8.61. The lowest BCUT2D eigenvalue weighted by atomic mass is 10.0. The lowest BCUT2D eigenvalue weighted by molar-refractivity contribution is 0.0676. The number of halogens is 1. The summed E-state index contributed by atoms with van der Waals surface area (Å²) in [5.41, 5.74) is 2.72. The van der Waals surface area contributed by atoms with Gasteiger partial charge in [-0.15, -0.1) is 24.0 Å². The minimum Gasteiger partial charge on any atom is -0.381 e. The first kappa shape index (κ1) is 16.5. The van der Waals surface area contributed by atoms with Gasteiger partial charge in [-0.3, -0.25) is 4.99 Å². The zero-order valence-corrected chi connectivity index (χ0v) is 14.9. The van der Waals surface area contributed by atoms with Crippen molar-refractivity contribution in [3.8, 4) is 0 Å². The number of hydrogen-bond acceptors (Lipinski definition) is 2. The van der Waals surface area contributed by atoms with Crippen molar-refractivity contribution < 1.29 is 4.74 Å². The summed E-state index contributed by atoms with van der Waals surface area (Å²) >= 11 is 0. The molecule has 0 unspecified atom stereocenters. The zero-order chi connectivity index (χ0) is 13.8. The average molecular weight is 401 g/mol. The third-order valence-electron chi connectivity index (χ3n) is 4.24. The number of benzene rings is 1. The molecule has 4 nitrogen and oxygen atoms in total. The van der Waals surface area contributed by atoms with Gasteiger partial charge in [0.1, 0.15) is 0 Å². The largest absolute Gasteiger partial charge is 0.381 e. The predicted molar refractivity (Wildman–Crippen MR) is 97.8 cm³/mol. The Labute approximate surface area is 144 Å². The first-order valence-corrected chi connectivity index (χ1v) is 7.52. The summed E-state index contributed by atoms with van der Waals surface area (Å²) in [5.74, 6) is 1.71. The normalized spacial score (nSPS) is 19.1. The molecule has 1 aromatic rings. The maximum absolute atomic E-state index is 5.41. The van der Waals surface area contributed by atoms with E-state index >= 15 is 0 Å². The predicted octanol–water partition coefficient (Wildman–Crippen LogP) is 2.67. The second kappa shape index (κ2) is 7.98. The van der Waals surface area contributed by atoms with Crippen LogP contribution in [-0.4, -0.2) is 39.3 Å². The fourth-order valence-corrected chi connectivity index (χ4v) is 3.04. The number of para-hydroxylation sites is 1. The van der Waals surface area contributed by atoms with E-state index in [4.69, 9.17) is 4.74 Å². The molecule has 0 radical (unpaired) electrons. The highest BCUT2D eigenvalue weighted by molar-refractivity contribution is 14.0. The maximum atomic E-state index is 5.41. The number of aliphatic imine (C=N–C) groups is 1. The number of guanidine groups is 1. The highest BCUT2D eigenvalue weighted by Crippen LogP contribution is 2.27. The SMILES string of the molecule is CN=C(NCC1CCOCC1)N1CCc2ccccc21.I. The monoisotopic (exact) mass is 401 g/mol. The molecule has 1 N–H and O–H groups in total. The van der Waals surface area contributed by atoms with Gasteiger partial charge >= 0.3 is 0 Å². The smallest absolute Gasteiger partial charge is 0.198 e. The molecule has 0 amide bonds. The number of nitrogens with zero attached hydrogens (tertiary/aromatic N) is 2. The van der Waals surface area contributed by atoms with Crippen molar-refractivity contribution in [2.24, 2.45) is 10.9 Å². The summed E-state index contributed by atoms with van der Waals surface area (Å²) in [6.45, 7) is 3.82. The molecule has 2 heterocycles. The van der Waals surface area contributed by atoms with E-state index in [1.165, 1.54) is 11.3 Å². The van der Waals surface area contributed by atoms with Crippen LogP contribution < -0.4 is 10.2 Å². The first-order valence-electron chi connectivity index (χ1n) is 7.52. The molecule has 0 aromatic heterocycles. The molecule has 1 aromatic carbocycles. The van der Waals surface area contributed by atoms with Crippen molar-refractivity contribution in [3.05, 3.63) is 29.8 Å². The van der Waals surface area contributed by atoms with Crippen LogP contribution >= 0.6 is 24.0 Å². The molecule has 21 heavy (non-hydrogen) atoms. The van der Waals surface area contributed by atoms with E-state index in [0.29, 0.717) is 5.92 Å². The lowest BCUT2D eigenvalue weighted by Gasteiger charge is -2.26. The Balaban J connectivity index is 0.00000161. The summed E-state index contributed by atoms with van der Waals surface area (Å²) in [4.78, 5) is 6.75. The number of fused-ring (bicyclic) bond motifs is 1. The lowest BCUT2D eigenvalue weighted by Crippen LogP contribution is -2.43. The standard InChI is InChI=1S/C16H23N3O.HI/c1-17-16(18-12-13-7-10-20-11-8-13)19-9-6-14-4-2-3-5-15(14)19;/h2-5,13H,6-12H2,1H3,(H,17,18);1H. The Morgan fingerprint density at radius 1 is 1.33 bits per heavy atom. The van der Waals surface area contributed by atoms with E-state index in [-0.39, 0.29) is 24.0 Å². The fourth-order valence-electron chi connectivity index (χ4n) is 3.04. The molecule has 2 aliphatic rings. The van der Waals surface area contributed by atoms with E-state index in [2.05, 4.69) is 39.5 Å². The van der Waals surface area contributed by atoms with Crippen molar-refractivity contribution >= 4 is 35.6 Å². The molecule has 2 aliphatic heterocycles. The topological polar surface area (TPSA) is 36.9 Å². The minimum absolute atomic E-state index is 0. The highest BCUT2D eigenvalue weighted by atomic mass is 127. The van der Waals surface area contributed by atoms with Crippen molar-refractivity contribution in [1.29, 1.82) is 0 Å². The van der Waals surface area contributed by atoms with E-state index in [0.717, 1.165) is 51.5 Å². The number of ether oxygens (including phenoxy) is 1. The van der Waals surface area contributed by atoms with Gasteiger partial charge in [0.15, 0.2) is 5.96 Å². The molecular formula is C16H24IN3O. The molecule has 116 valence electrons. The van der Waals surface area contributed by atoms with E-state index in [1.54, 1.807) is 0 Å². The molecule has 0 saturated carbocycles. The van der Waals surface area contributed by atoms with Gasteiger partial charge in [-0.05, 0) is 36.8 Å². The van der Waals surface area contributed by atoms with E-state index in [9.17, 15) is 0 Å². The molecule has 0 bridgehead atoms. The third-order valence-corrected chi connectivity index (χ3v) is 4.24. The first-order chi connectivity index (χ1) is 9.88. The minimum atomic E-state index is 0. The molecule has 0 spiro atoms. The van der Waals surface area contributed by atoms with Gasteiger partial charge in [0, 0.05) is 39.0 Å². The summed E-state index contributed by atoms with van der Waals surface area (Å²) in [5, 5.41) is 3.54. The van der Waals surface area contributed by atoms with Crippen molar-refractivity contribution in [2.75, 3.05) is 38.3 Å². The van der Waals surface area contributed by atoms with Gasteiger partial charge in [0.25, 0.3) is 0 Å². The van der Waals surface area contributed by atoms with Crippen LogP contribution in [0, 0.1) is 5.92 Å². The van der Waals surface area contributed by atoms with Crippen molar-refractivity contribution in [1.82, 2.24) is 5.32 Å². The van der Waals surface area contributed by atoms with Crippen molar-refractivity contribution in [2.45, 2.75) is 19.3 Å². The quantitative estimate of drug-likeness (QED) is 0.471. The summed E-state index contributed by atoms with van der Waals surface area (Å²) in [7, 11) is 1.87. The number of rotatable bonds is 2. The van der Waals surface area contributed by atoms with Crippen LogP contribution in [0.25, 0.3) is 0 Å². The second-order valence-corrected chi connectivity index (χ2v) is 5.51. The Kier molecular flexibility index (Phi) is 6.29. The van der Waals surface area contributed by atoms with Crippen LogP contribution in [0.15, 0.2) is 29.3 Å². The van der Waals surface area contributed by atoms with Crippen LogP contribution in [0.2, 0.25) is 0 Å². The maximum Gasteiger partial charge on any atom is 0.198 e. The van der Waals surface area contributed by atoms with Crippen molar-refractivity contribution in [3.63, 3.8) is 0 Å². The Morgan fingerprint density at radius 3 is 2.86 bits per heavy atom. The molecule has 0 aliphatic carbocycles. The summed E-state index contributed by atoms with van der Waals surface area (Å²) in [6.07, 6.45) is 3.41. The van der Waals surface area contributed by atoms with Gasteiger partial charge in [0.2, 0.25) is 0 Å². The number of anilines is 1. The third kappa shape index (κ3) is 3.88. The van der Waals surface area contributed by atoms with Crippen LogP contribution in [0.3, 0.4) is 0 Å². The molecular weight excluding hydrogens is 377 g/mol. The molecule has 3 rings (SSSR count). The van der Waals surface area contributed by atoms with Crippen LogP contribution in [0.1, 0.15) is 18.4 Å². The van der Waals surface area contributed by atoms with Crippen LogP contribution in [0.5, 0.6) is 0 Å². The molecule has 1 saturated heterocycles. The van der Waals surface area contributed by atoms with Gasteiger partial charge in [0.05, 0.1) is 0 Å². The Morgan fingerprint density at radius 2 is 2.10 bits per heavy atom. The van der Waals surface area contributed by atoms with Gasteiger partial charge in [-0.2, -0.15) is 0 Å². The molecule has 0 atom stereocenters. The Bertz CT molecular complexity index is 486. The van der Waals surface area contributed by atoms with Crippen LogP contribution in [0.4, 0.5) is 5.69 Å². The second-order valence-electron chi connectivity index (χ2n) is 5.51. The average Bonchev–Trinajstić information content (AvgIpc) is 2.93. The summed E-state index contributed by atoms with van der Waals surface area (Å²) < 4.78 is 5.41. The highest BCUT2D eigenvalue weighted by Gasteiger charge is 2.23. The Hall–Kier alpha value is -0.820. The van der Waals surface area contributed by atoms with E-state index < -0.39 is 0 Å². The number of hydrogen-bond donors (Lipinski definition) is 1.